The van der Waals surface area contributed by atoms with Gasteiger partial charge < -0.3 is 15.0 Å². The summed E-state index contributed by atoms with van der Waals surface area (Å²) in [4.78, 5) is 27.8. The molecule has 1 heterocycles. The van der Waals surface area contributed by atoms with Crippen LogP contribution in [0.15, 0.2) is 0 Å². The van der Waals surface area contributed by atoms with E-state index in [0.717, 1.165) is 38.5 Å². The van der Waals surface area contributed by atoms with Crippen LogP contribution in [0.3, 0.4) is 0 Å². The zero-order valence-corrected chi connectivity index (χ0v) is 13.3. The molecule has 0 bridgehead atoms. The van der Waals surface area contributed by atoms with Gasteiger partial charge in [0.15, 0.2) is 0 Å². The van der Waals surface area contributed by atoms with Gasteiger partial charge >= 0.3 is 0 Å². The van der Waals surface area contributed by atoms with Gasteiger partial charge in [-0.15, -0.1) is 0 Å². The lowest BCUT2D eigenvalue weighted by Crippen LogP contribution is -2.75. The molecule has 1 saturated heterocycles. The number of amides is 2. The summed E-state index contributed by atoms with van der Waals surface area (Å²) in [7, 11) is 1.65. The Morgan fingerprint density at radius 2 is 1.95 bits per heavy atom. The number of carbonyl (C=O) groups excluding carboxylic acids is 2. The van der Waals surface area contributed by atoms with E-state index in [2.05, 4.69) is 5.32 Å². The van der Waals surface area contributed by atoms with Crippen molar-refractivity contribution in [3.63, 3.8) is 0 Å². The maximum atomic E-state index is 13.1. The molecule has 2 aliphatic carbocycles. The third kappa shape index (κ3) is 2.17. The molecule has 5 heteroatoms. The number of hydrogen-bond acceptors (Lipinski definition) is 3. The average molecular weight is 294 g/mol. The standard InChI is InChI=1S/C16H26N2O3/c1-11(21-3)10-18-14(20)15(2,12-6-7-12)17-13(19)16(18)8-4-5-9-16/h11-12H,4-10H2,1-3H3,(H,17,19). The molecular formula is C16H26N2O3. The second kappa shape index (κ2) is 4.97. The van der Waals surface area contributed by atoms with Crippen molar-refractivity contribution in [2.75, 3.05) is 13.7 Å². The van der Waals surface area contributed by atoms with Crippen molar-refractivity contribution in [3.8, 4) is 0 Å². The van der Waals surface area contributed by atoms with Crippen LogP contribution in [-0.4, -0.2) is 47.6 Å². The summed E-state index contributed by atoms with van der Waals surface area (Å²) in [6, 6.07) is 0. The van der Waals surface area contributed by atoms with E-state index in [1.807, 2.05) is 18.7 Å². The van der Waals surface area contributed by atoms with E-state index < -0.39 is 11.1 Å². The molecule has 2 saturated carbocycles. The van der Waals surface area contributed by atoms with Gasteiger partial charge in [-0.2, -0.15) is 0 Å². The van der Waals surface area contributed by atoms with E-state index in [9.17, 15) is 9.59 Å². The van der Waals surface area contributed by atoms with Crippen LogP contribution in [0.1, 0.15) is 52.4 Å². The Kier molecular flexibility index (Phi) is 3.51. The van der Waals surface area contributed by atoms with Gasteiger partial charge in [-0.1, -0.05) is 12.8 Å². The predicted octanol–water partition coefficient (Wildman–Crippen LogP) is 1.46. The number of piperazine rings is 1. The van der Waals surface area contributed by atoms with Crippen LogP contribution >= 0.6 is 0 Å². The Hall–Kier alpha value is -1.10. The molecule has 1 spiro atoms. The second-order valence-corrected chi connectivity index (χ2v) is 7.13. The zero-order valence-electron chi connectivity index (χ0n) is 13.3. The van der Waals surface area contributed by atoms with Gasteiger partial charge in [0.25, 0.3) is 0 Å². The number of nitrogens with one attached hydrogen (secondary N) is 1. The molecule has 1 N–H and O–H groups in total. The molecule has 0 aromatic rings. The second-order valence-electron chi connectivity index (χ2n) is 7.13. The highest BCUT2D eigenvalue weighted by Crippen LogP contribution is 2.47. The first-order valence-electron chi connectivity index (χ1n) is 8.11. The monoisotopic (exact) mass is 294 g/mol. The van der Waals surface area contributed by atoms with E-state index >= 15 is 0 Å². The smallest absolute Gasteiger partial charge is 0.249 e. The van der Waals surface area contributed by atoms with Gasteiger partial charge in [0.2, 0.25) is 11.8 Å². The van der Waals surface area contributed by atoms with Crippen LogP contribution in [0.5, 0.6) is 0 Å². The molecule has 21 heavy (non-hydrogen) atoms. The van der Waals surface area contributed by atoms with Crippen molar-refractivity contribution in [3.05, 3.63) is 0 Å². The van der Waals surface area contributed by atoms with Gasteiger partial charge in [-0.05, 0) is 45.4 Å². The highest BCUT2D eigenvalue weighted by Gasteiger charge is 2.61. The molecule has 2 unspecified atom stereocenters. The van der Waals surface area contributed by atoms with E-state index in [1.54, 1.807) is 7.11 Å². The first kappa shape index (κ1) is 14.8. The quantitative estimate of drug-likeness (QED) is 0.854. The molecule has 0 radical (unpaired) electrons. The zero-order chi connectivity index (χ0) is 15.3. The van der Waals surface area contributed by atoms with Gasteiger partial charge in [-0.25, -0.2) is 0 Å². The normalized spacial score (nSPS) is 33.4. The van der Waals surface area contributed by atoms with E-state index in [-0.39, 0.29) is 17.9 Å². The van der Waals surface area contributed by atoms with Gasteiger partial charge in [0.05, 0.1) is 6.10 Å². The molecule has 0 aromatic carbocycles. The first-order chi connectivity index (χ1) is 9.94. The number of hydrogen-bond donors (Lipinski definition) is 1. The Labute approximate surface area is 126 Å². The third-order valence-electron chi connectivity index (χ3n) is 5.67. The van der Waals surface area contributed by atoms with Crippen molar-refractivity contribution in [2.45, 2.75) is 69.6 Å². The lowest BCUT2D eigenvalue weighted by Gasteiger charge is -2.51. The van der Waals surface area contributed by atoms with E-state index in [0.29, 0.717) is 12.5 Å². The summed E-state index contributed by atoms with van der Waals surface area (Å²) < 4.78 is 5.36. The van der Waals surface area contributed by atoms with Crippen molar-refractivity contribution >= 4 is 11.8 Å². The van der Waals surface area contributed by atoms with Gasteiger partial charge in [-0.3, -0.25) is 9.59 Å². The van der Waals surface area contributed by atoms with Crippen molar-refractivity contribution in [1.82, 2.24) is 10.2 Å². The first-order valence-corrected chi connectivity index (χ1v) is 8.11. The Morgan fingerprint density at radius 3 is 2.48 bits per heavy atom. The van der Waals surface area contributed by atoms with Crippen molar-refractivity contribution in [1.29, 1.82) is 0 Å². The van der Waals surface area contributed by atoms with Crippen LogP contribution < -0.4 is 5.32 Å². The SMILES string of the molecule is COC(C)CN1C(=O)C(C)(C2CC2)NC(=O)C12CCCC2. The van der Waals surface area contributed by atoms with Crippen LogP contribution in [-0.2, 0) is 14.3 Å². The molecule has 1 aliphatic heterocycles. The molecule has 5 nitrogen and oxygen atoms in total. The highest BCUT2D eigenvalue weighted by molar-refractivity contribution is 6.02. The fourth-order valence-corrected chi connectivity index (χ4v) is 3.99. The fraction of sp³-hybridized carbons (Fsp3) is 0.875. The summed E-state index contributed by atoms with van der Waals surface area (Å²) >= 11 is 0. The average Bonchev–Trinajstić information content (AvgIpc) is 3.21. The lowest BCUT2D eigenvalue weighted by atomic mass is 9.82. The summed E-state index contributed by atoms with van der Waals surface area (Å²) in [5, 5.41) is 3.09. The number of carbonyl (C=O) groups is 2. The number of ether oxygens (including phenoxy) is 1. The van der Waals surface area contributed by atoms with Crippen LogP contribution in [0.2, 0.25) is 0 Å². The predicted molar refractivity (Wildman–Crippen MR) is 78.7 cm³/mol. The molecule has 3 rings (SSSR count). The minimum absolute atomic E-state index is 0.0531. The maximum Gasteiger partial charge on any atom is 0.249 e. The summed E-state index contributed by atoms with van der Waals surface area (Å²) in [6.07, 6.45) is 5.59. The Balaban J connectivity index is 1.94. The Bertz CT molecular complexity index is 454. The van der Waals surface area contributed by atoms with Crippen LogP contribution in [0.25, 0.3) is 0 Å². The minimum atomic E-state index is -0.710. The van der Waals surface area contributed by atoms with E-state index in [1.165, 1.54) is 0 Å². The molecule has 3 fully saturated rings. The number of rotatable bonds is 4. The largest absolute Gasteiger partial charge is 0.380 e. The van der Waals surface area contributed by atoms with Crippen LogP contribution in [0.4, 0.5) is 0 Å². The molecule has 118 valence electrons. The summed E-state index contributed by atoms with van der Waals surface area (Å²) in [5.74, 6) is 0.445. The number of methoxy groups -OCH3 is 1. The lowest BCUT2D eigenvalue weighted by molar-refractivity contribution is -0.165. The molecule has 2 amide bonds. The van der Waals surface area contributed by atoms with Crippen LogP contribution in [0, 0.1) is 5.92 Å². The van der Waals surface area contributed by atoms with Gasteiger partial charge in [0, 0.05) is 13.7 Å². The maximum absolute atomic E-state index is 13.1. The van der Waals surface area contributed by atoms with E-state index in [4.69, 9.17) is 4.74 Å². The topological polar surface area (TPSA) is 58.6 Å². The molecule has 2 atom stereocenters. The van der Waals surface area contributed by atoms with Crippen molar-refractivity contribution in [2.24, 2.45) is 5.92 Å². The summed E-state index contributed by atoms with van der Waals surface area (Å²) in [6.45, 7) is 4.36. The third-order valence-corrected chi connectivity index (χ3v) is 5.67. The minimum Gasteiger partial charge on any atom is -0.380 e. The fourth-order valence-electron chi connectivity index (χ4n) is 3.99. The van der Waals surface area contributed by atoms with Crippen molar-refractivity contribution < 1.29 is 14.3 Å². The van der Waals surface area contributed by atoms with Gasteiger partial charge in [0.1, 0.15) is 11.1 Å². The summed E-state index contributed by atoms with van der Waals surface area (Å²) in [5.41, 5.74) is -1.34. The molecular weight excluding hydrogens is 268 g/mol. The Morgan fingerprint density at radius 1 is 1.33 bits per heavy atom. The highest BCUT2D eigenvalue weighted by atomic mass is 16.5. The number of nitrogens with zero attached hydrogens (tertiary/aromatic N) is 1. The molecule has 0 aromatic heterocycles. The molecule has 3 aliphatic rings.